The van der Waals surface area contributed by atoms with Crippen molar-refractivity contribution < 1.29 is 18.9 Å². The number of hydrogen-bond acceptors (Lipinski definition) is 4. The van der Waals surface area contributed by atoms with Crippen molar-refractivity contribution in [2.24, 2.45) is 0 Å². The van der Waals surface area contributed by atoms with Crippen molar-refractivity contribution in [3.8, 4) is 0 Å². The van der Waals surface area contributed by atoms with Crippen molar-refractivity contribution >= 4 is 0 Å². The molecule has 0 aromatic rings. The highest BCUT2D eigenvalue weighted by atomic mass is 16.6. The van der Waals surface area contributed by atoms with Gasteiger partial charge in [0.15, 0.2) is 0 Å². The largest absolute Gasteiger partial charge is 0.377 e. The Balaban J connectivity index is 1.79. The van der Waals surface area contributed by atoms with Crippen LogP contribution in [-0.2, 0) is 18.9 Å². The smallest absolute Gasteiger partial charge is 0.0837 e. The van der Waals surface area contributed by atoms with E-state index in [4.69, 9.17) is 18.9 Å². The van der Waals surface area contributed by atoms with E-state index in [0.717, 1.165) is 12.8 Å². The molecule has 0 spiro atoms. The van der Waals surface area contributed by atoms with Crippen molar-refractivity contribution in [3.63, 3.8) is 0 Å². The Bertz CT molecular complexity index is 166. The summed E-state index contributed by atoms with van der Waals surface area (Å²) in [5, 5.41) is 0. The monoisotopic (exact) mass is 230 g/mol. The highest BCUT2D eigenvalue weighted by Gasteiger charge is 2.26. The average Bonchev–Trinajstić information content (AvgIpc) is 2.30. The van der Waals surface area contributed by atoms with Crippen LogP contribution < -0.4 is 0 Å². The average molecular weight is 230 g/mol. The first-order valence-corrected chi connectivity index (χ1v) is 6.35. The van der Waals surface area contributed by atoms with Crippen LogP contribution in [0.25, 0.3) is 0 Å². The Morgan fingerprint density at radius 2 is 1.00 bits per heavy atom. The van der Waals surface area contributed by atoms with E-state index in [1.807, 2.05) is 0 Å². The SMILES string of the molecule is C1CCC2OCCOCCOCCOC2C1. The lowest BCUT2D eigenvalue weighted by atomic mass is 9.94. The zero-order valence-corrected chi connectivity index (χ0v) is 9.86. The molecule has 16 heavy (non-hydrogen) atoms. The van der Waals surface area contributed by atoms with E-state index in [0.29, 0.717) is 39.6 Å². The van der Waals surface area contributed by atoms with E-state index in [9.17, 15) is 0 Å². The Hall–Kier alpha value is -0.160. The fourth-order valence-electron chi connectivity index (χ4n) is 2.28. The molecule has 0 aromatic heterocycles. The predicted molar refractivity (Wildman–Crippen MR) is 59.6 cm³/mol. The van der Waals surface area contributed by atoms with Crippen molar-refractivity contribution in [2.75, 3.05) is 39.6 Å². The van der Waals surface area contributed by atoms with Gasteiger partial charge in [-0.3, -0.25) is 0 Å². The lowest BCUT2D eigenvalue weighted by Crippen LogP contribution is -2.36. The highest BCUT2D eigenvalue weighted by molar-refractivity contribution is 4.76. The minimum Gasteiger partial charge on any atom is -0.377 e. The van der Waals surface area contributed by atoms with Crippen LogP contribution in [-0.4, -0.2) is 51.8 Å². The molecule has 1 saturated carbocycles. The zero-order valence-electron chi connectivity index (χ0n) is 9.86. The zero-order chi connectivity index (χ0) is 11.1. The van der Waals surface area contributed by atoms with E-state index >= 15 is 0 Å². The molecular weight excluding hydrogens is 208 g/mol. The molecular formula is C12H22O4. The maximum absolute atomic E-state index is 5.83. The molecule has 1 saturated heterocycles. The number of hydrogen-bond donors (Lipinski definition) is 0. The fraction of sp³-hybridized carbons (Fsp3) is 1.00. The van der Waals surface area contributed by atoms with E-state index < -0.39 is 0 Å². The molecule has 0 N–H and O–H groups in total. The first-order chi connectivity index (χ1) is 7.97. The molecule has 2 atom stereocenters. The van der Waals surface area contributed by atoms with Gasteiger partial charge in [0.25, 0.3) is 0 Å². The third-order valence-corrected chi connectivity index (χ3v) is 3.13. The molecule has 1 aliphatic heterocycles. The van der Waals surface area contributed by atoms with E-state index in [1.54, 1.807) is 0 Å². The van der Waals surface area contributed by atoms with Gasteiger partial charge in [0.05, 0.1) is 51.8 Å². The predicted octanol–water partition coefficient (Wildman–Crippen LogP) is 1.38. The summed E-state index contributed by atoms with van der Waals surface area (Å²) in [6, 6.07) is 0. The summed E-state index contributed by atoms with van der Waals surface area (Å²) in [6.45, 7) is 3.96. The first kappa shape index (κ1) is 12.3. The molecule has 4 heteroatoms. The Morgan fingerprint density at radius 1 is 0.562 bits per heavy atom. The fourth-order valence-corrected chi connectivity index (χ4v) is 2.28. The lowest BCUT2D eigenvalue weighted by Gasteiger charge is -2.31. The van der Waals surface area contributed by atoms with Gasteiger partial charge in [0, 0.05) is 0 Å². The maximum Gasteiger partial charge on any atom is 0.0837 e. The molecule has 2 fully saturated rings. The summed E-state index contributed by atoms with van der Waals surface area (Å²) in [6.07, 6.45) is 5.26. The van der Waals surface area contributed by atoms with Gasteiger partial charge in [-0.1, -0.05) is 12.8 Å². The van der Waals surface area contributed by atoms with E-state index in [1.165, 1.54) is 12.8 Å². The van der Waals surface area contributed by atoms with Gasteiger partial charge >= 0.3 is 0 Å². The highest BCUT2D eigenvalue weighted by Crippen LogP contribution is 2.23. The van der Waals surface area contributed by atoms with Crippen molar-refractivity contribution in [1.29, 1.82) is 0 Å². The van der Waals surface area contributed by atoms with Gasteiger partial charge in [-0.25, -0.2) is 0 Å². The number of fused-ring (bicyclic) bond motifs is 1. The van der Waals surface area contributed by atoms with Gasteiger partial charge in [-0.05, 0) is 12.8 Å². The molecule has 4 nitrogen and oxygen atoms in total. The summed E-state index contributed by atoms with van der Waals surface area (Å²) >= 11 is 0. The molecule has 0 aromatic carbocycles. The molecule has 0 bridgehead atoms. The van der Waals surface area contributed by atoms with Crippen LogP contribution in [0, 0.1) is 0 Å². The topological polar surface area (TPSA) is 36.9 Å². The molecule has 2 unspecified atom stereocenters. The van der Waals surface area contributed by atoms with Crippen LogP contribution in [0.15, 0.2) is 0 Å². The van der Waals surface area contributed by atoms with Gasteiger partial charge in [-0.15, -0.1) is 0 Å². The normalized spacial score (nSPS) is 34.5. The first-order valence-electron chi connectivity index (χ1n) is 6.35. The van der Waals surface area contributed by atoms with Gasteiger partial charge in [0.2, 0.25) is 0 Å². The number of ether oxygens (including phenoxy) is 4. The van der Waals surface area contributed by atoms with Crippen molar-refractivity contribution in [3.05, 3.63) is 0 Å². The third-order valence-electron chi connectivity index (χ3n) is 3.13. The van der Waals surface area contributed by atoms with E-state index in [-0.39, 0.29) is 12.2 Å². The van der Waals surface area contributed by atoms with Gasteiger partial charge in [-0.2, -0.15) is 0 Å². The summed E-state index contributed by atoms with van der Waals surface area (Å²) in [5.41, 5.74) is 0. The van der Waals surface area contributed by atoms with E-state index in [2.05, 4.69) is 0 Å². The summed E-state index contributed by atoms with van der Waals surface area (Å²) in [7, 11) is 0. The minimum atomic E-state index is 0.261. The van der Waals surface area contributed by atoms with Crippen LogP contribution in [0.5, 0.6) is 0 Å². The quantitative estimate of drug-likeness (QED) is 0.630. The Labute approximate surface area is 97.2 Å². The van der Waals surface area contributed by atoms with Gasteiger partial charge < -0.3 is 18.9 Å². The Morgan fingerprint density at radius 3 is 1.50 bits per heavy atom. The second-order valence-corrected chi connectivity index (χ2v) is 4.33. The molecule has 0 radical (unpaired) electrons. The second kappa shape index (κ2) is 7.22. The minimum absolute atomic E-state index is 0.261. The lowest BCUT2D eigenvalue weighted by molar-refractivity contribution is -0.119. The summed E-state index contributed by atoms with van der Waals surface area (Å²) in [4.78, 5) is 0. The molecule has 2 rings (SSSR count). The standard InChI is InChI=1S/C12H22O4/c1-2-4-12-11(3-1)15-9-7-13-5-6-14-8-10-16-12/h11-12H,1-10H2. The van der Waals surface area contributed by atoms with Crippen molar-refractivity contribution in [1.82, 2.24) is 0 Å². The van der Waals surface area contributed by atoms with Gasteiger partial charge in [0.1, 0.15) is 0 Å². The van der Waals surface area contributed by atoms with Crippen LogP contribution in [0.3, 0.4) is 0 Å². The van der Waals surface area contributed by atoms with Crippen LogP contribution in [0.1, 0.15) is 25.7 Å². The van der Waals surface area contributed by atoms with Crippen LogP contribution in [0.2, 0.25) is 0 Å². The summed E-state index contributed by atoms with van der Waals surface area (Å²) in [5.74, 6) is 0. The second-order valence-electron chi connectivity index (χ2n) is 4.33. The Kier molecular flexibility index (Phi) is 5.55. The maximum atomic E-state index is 5.83. The molecule has 1 aliphatic carbocycles. The third kappa shape index (κ3) is 4.01. The van der Waals surface area contributed by atoms with Crippen molar-refractivity contribution in [2.45, 2.75) is 37.9 Å². The summed E-state index contributed by atoms with van der Waals surface area (Å²) < 4.78 is 22.4. The van der Waals surface area contributed by atoms with Crippen LogP contribution >= 0.6 is 0 Å². The molecule has 94 valence electrons. The number of rotatable bonds is 0. The van der Waals surface area contributed by atoms with Crippen LogP contribution in [0.4, 0.5) is 0 Å². The molecule has 1 heterocycles. The molecule has 2 aliphatic rings. The molecule has 0 amide bonds.